The van der Waals surface area contributed by atoms with Gasteiger partial charge < -0.3 is 10.4 Å². The molecule has 0 heterocycles. The molecule has 0 radical (unpaired) electrons. The second-order valence-electron chi connectivity index (χ2n) is 5.67. The van der Waals surface area contributed by atoms with Crippen molar-refractivity contribution in [2.24, 2.45) is 0 Å². The Morgan fingerprint density at radius 2 is 2.11 bits per heavy atom. The lowest BCUT2D eigenvalue weighted by Gasteiger charge is -2.31. The number of halogens is 1. The van der Waals surface area contributed by atoms with Crippen LogP contribution in [0.25, 0.3) is 0 Å². The first-order valence-electron chi connectivity index (χ1n) is 6.84. The molecule has 0 aromatic heterocycles. The third-order valence-corrected chi connectivity index (χ3v) is 5.11. The van der Waals surface area contributed by atoms with Crippen LogP contribution >= 0.6 is 23.4 Å². The Bertz CT molecular complexity index is 409. The molecule has 0 spiro atoms. The van der Waals surface area contributed by atoms with Crippen LogP contribution in [0, 0.1) is 0 Å². The van der Waals surface area contributed by atoms with Crippen molar-refractivity contribution >= 4 is 23.4 Å². The Labute approximate surface area is 124 Å². The minimum Gasteiger partial charge on any atom is -0.394 e. The highest BCUT2D eigenvalue weighted by Gasteiger charge is 2.39. The zero-order chi connectivity index (χ0) is 13.9. The Kier molecular flexibility index (Phi) is 5.18. The molecule has 2 atom stereocenters. The molecule has 1 aromatic carbocycles. The van der Waals surface area contributed by atoms with E-state index in [0.717, 1.165) is 24.3 Å². The van der Waals surface area contributed by atoms with E-state index in [9.17, 15) is 5.11 Å². The topological polar surface area (TPSA) is 32.3 Å². The molecule has 2 N–H and O–H groups in total. The van der Waals surface area contributed by atoms with Gasteiger partial charge in [0.25, 0.3) is 0 Å². The number of hydrogen-bond donors (Lipinski definition) is 2. The number of hydrogen-bond acceptors (Lipinski definition) is 3. The molecule has 4 heteroatoms. The Morgan fingerprint density at radius 1 is 1.42 bits per heavy atom. The van der Waals surface area contributed by atoms with E-state index < -0.39 is 0 Å². The van der Waals surface area contributed by atoms with Crippen molar-refractivity contribution in [1.29, 1.82) is 0 Å². The van der Waals surface area contributed by atoms with Crippen molar-refractivity contribution in [2.75, 3.05) is 6.61 Å². The number of aliphatic hydroxyl groups excluding tert-OH is 1. The van der Waals surface area contributed by atoms with Gasteiger partial charge in [-0.25, -0.2) is 0 Å². The molecule has 1 saturated carbocycles. The van der Waals surface area contributed by atoms with Crippen LogP contribution in [0.5, 0.6) is 0 Å². The summed E-state index contributed by atoms with van der Waals surface area (Å²) < 4.78 is 0. The largest absolute Gasteiger partial charge is 0.394 e. The quantitative estimate of drug-likeness (QED) is 0.869. The van der Waals surface area contributed by atoms with Crippen molar-refractivity contribution < 1.29 is 5.11 Å². The van der Waals surface area contributed by atoms with E-state index in [4.69, 9.17) is 11.6 Å². The number of thioether (sulfide) groups is 1. The number of benzene rings is 1. The average Bonchev–Trinajstić information content (AvgIpc) is 2.75. The lowest BCUT2D eigenvalue weighted by Crippen LogP contribution is -2.49. The molecular weight excluding hydrogens is 278 g/mol. The predicted molar refractivity (Wildman–Crippen MR) is 83.0 cm³/mol. The molecule has 2 unspecified atom stereocenters. The zero-order valence-electron chi connectivity index (χ0n) is 11.5. The molecule has 1 fully saturated rings. The second kappa shape index (κ2) is 6.49. The summed E-state index contributed by atoms with van der Waals surface area (Å²) in [7, 11) is 0. The summed E-state index contributed by atoms with van der Waals surface area (Å²) in [4.78, 5) is 1.26. The average molecular weight is 300 g/mol. The maximum atomic E-state index is 9.70. The number of rotatable bonds is 5. The molecule has 19 heavy (non-hydrogen) atoms. The van der Waals surface area contributed by atoms with Crippen molar-refractivity contribution in [3.8, 4) is 0 Å². The summed E-state index contributed by atoms with van der Waals surface area (Å²) in [6.45, 7) is 4.50. The summed E-state index contributed by atoms with van der Waals surface area (Å²) in [6.07, 6.45) is 3.22. The molecule has 0 aliphatic heterocycles. The van der Waals surface area contributed by atoms with Gasteiger partial charge in [0.1, 0.15) is 0 Å². The lowest BCUT2D eigenvalue weighted by atomic mass is 9.98. The van der Waals surface area contributed by atoms with Crippen LogP contribution in [-0.2, 0) is 0 Å². The first-order chi connectivity index (χ1) is 9.03. The Morgan fingerprint density at radius 3 is 2.68 bits per heavy atom. The van der Waals surface area contributed by atoms with E-state index in [2.05, 4.69) is 31.3 Å². The molecule has 2 nitrogen and oxygen atoms in total. The minimum atomic E-state index is -0.0851. The highest BCUT2D eigenvalue weighted by Crippen LogP contribution is 2.40. The maximum absolute atomic E-state index is 9.70. The van der Waals surface area contributed by atoms with Gasteiger partial charge in [0.15, 0.2) is 0 Å². The summed E-state index contributed by atoms with van der Waals surface area (Å²) in [5.41, 5.74) is -0.0851. The standard InChI is InChI=1S/C15H22ClNOS/c1-11(2)17-15(10-18)8-7-14(9-15)19-13-5-3-12(16)4-6-13/h3-6,11,14,17-18H,7-10H2,1-2H3. The molecule has 1 aromatic rings. The fourth-order valence-electron chi connectivity index (χ4n) is 2.82. The third-order valence-electron chi connectivity index (χ3n) is 3.58. The van der Waals surface area contributed by atoms with Gasteiger partial charge in [0.05, 0.1) is 6.61 Å². The van der Waals surface area contributed by atoms with Gasteiger partial charge in [0.2, 0.25) is 0 Å². The van der Waals surface area contributed by atoms with Crippen LogP contribution in [-0.4, -0.2) is 28.5 Å². The summed E-state index contributed by atoms with van der Waals surface area (Å²) >= 11 is 7.80. The lowest BCUT2D eigenvalue weighted by molar-refractivity contribution is 0.156. The van der Waals surface area contributed by atoms with Crippen LogP contribution in [0.15, 0.2) is 29.2 Å². The first kappa shape index (κ1) is 15.2. The molecule has 0 saturated heterocycles. The fourth-order valence-corrected chi connectivity index (χ4v) is 4.26. The van der Waals surface area contributed by atoms with Crippen LogP contribution in [0.3, 0.4) is 0 Å². The summed E-state index contributed by atoms with van der Waals surface area (Å²) in [6, 6.07) is 8.42. The Balaban J connectivity index is 1.95. The normalized spacial score (nSPS) is 27.1. The molecule has 0 amide bonds. The molecule has 1 aliphatic rings. The van der Waals surface area contributed by atoms with Gasteiger partial charge in [-0.2, -0.15) is 0 Å². The van der Waals surface area contributed by atoms with Crippen LogP contribution < -0.4 is 5.32 Å². The third kappa shape index (κ3) is 4.12. The van der Waals surface area contributed by atoms with E-state index in [-0.39, 0.29) is 12.1 Å². The van der Waals surface area contributed by atoms with E-state index in [1.165, 1.54) is 4.90 Å². The maximum Gasteiger partial charge on any atom is 0.0613 e. The zero-order valence-corrected chi connectivity index (χ0v) is 13.1. The smallest absolute Gasteiger partial charge is 0.0613 e. The van der Waals surface area contributed by atoms with Crippen LogP contribution in [0.1, 0.15) is 33.1 Å². The Hall–Kier alpha value is -0.220. The van der Waals surface area contributed by atoms with Crippen molar-refractivity contribution in [3.63, 3.8) is 0 Å². The molecule has 2 rings (SSSR count). The van der Waals surface area contributed by atoms with Gasteiger partial charge in [-0.05, 0) is 43.5 Å². The molecule has 0 bridgehead atoms. The van der Waals surface area contributed by atoms with Crippen LogP contribution in [0.2, 0.25) is 5.02 Å². The van der Waals surface area contributed by atoms with Crippen LogP contribution in [0.4, 0.5) is 0 Å². The van der Waals surface area contributed by atoms with E-state index in [1.54, 1.807) is 0 Å². The van der Waals surface area contributed by atoms with Crippen molar-refractivity contribution in [1.82, 2.24) is 5.32 Å². The fraction of sp³-hybridized carbons (Fsp3) is 0.600. The molecular formula is C15H22ClNOS. The van der Waals surface area contributed by atoms with Crippen molar-refractivity contribution in [3.05, 3.63) is 29.3 Å². The molecule has 1 aliphatic carbocycles. The van der Waals surface area contributed by atoms with E-state index in [0.29, 0.717) is 11.3 Å². The van der Waals surface area contributed by atoms with E-state index in [1.807, 2.05) is 23.9 Å². The van der Waals surface area contributed by atoms with Gasteiger partial charge in [-0.1, -0.05) is 25.4 Å². The van der Waals surface area contributed by atoms with Crippen molar-refractivity contribution in [2.45, 2.75) is 54.8 Å². The first-order valence-corrected chi connectivity index (χ1v) is 8.09. The second-order valence-corrected chi connectivity index (χ2v) is 7.48. The minimum absolute atomic E-state index is 0.0851. The highest BCUT2D eigenvalue weighted by molar-refractivity contribution is 8.00. The number of aliphatic hydroxyl groups is 1. The predicted octanol–water partition coefficient (Wildman–Crippen LogP) is 3.71. The van der Waals surface area contributed by atoms with Gasteiger partial charge in [0, 0.05) is 26.7 Å². The van der Waals surface area contributed by atoms with Gasteiger partial charge in [-0.15, -0.1) is 11.8 Å². The van der Waals surface area contributed by atoms with E-state index >= 15 is 0 Å². The van der Waals surface area contributed by atoms with Gasteiger partial charge >= 0.3 is 0 Å². The molecule has 106 valence electrons. The summed E-state index contributed by atoms with van der Waals surface area (Å²) in [5.74, 6) is 0. The SMILES string of the molecule is CC(C)NC1(CO)CCC(Sc2ccc(Cl)cc2)C1. The van der Waals surface area contributed by atoms with Gasteiger partial charge in [-0.3, -0.25) is 0 Å². The highest BCUT2D eigenvalue weighted by atomic mass is 35.5. The number of nitrogens with one attached hydrogen (secondary N) is 1. The monoisotopic (exact) mass is 299 g/mol. The summed E-state index contributed by atoms with van der Waals surface area (Å²) in [5, 5.41) is 14.6.